The van der Waals surface area contributed by atoms with Gasteiger partial charge in [-0.1, -0.05) is 29.8 Å². The number of amides is 1. The Morgan fingerprint density at radius 2 is 2.04 bits per heavy atom. The van der Waals surface area contributed by atoms with Crippen molar-refractivity contribution in [2.45, 2.75) is 44.6 Å². The summed E-state index contributed by atoms with van der Waals surface area (Å²) in [5.74, 6) is 0.671. The molecule has 5 rings (SSSR count). The molecule has 1 saturated heterocycles. The molecule has 0 aromatic heterocycles. The van der Waals surface area contributed by atoms with E-state index < -0.39 is 0 Å². The minimum atomic E-state index is 0.170. The van der Waals surface area contributed by atoms with E-state index in [0.717, 1.165) is 37.1 Å². The number of nitrogens with zero attached hydrogens (tertiary/aromatic N) is 2. The first-order valence-corrected chi connectivity index (χ1v) is 9.26. The highest BCUT2D eigenvalue weighted by Crippen LogP contribution is 2.43. The Labute approximate surface area is 148 Å². The standard InChI is InChI=1S/C22H22N2O/c1-14-4-5-16-13-21-18(19(16)11-14)3-2-10-24(21)22(25)17-7-6-15-8-9-23-20(15)12-17/h4-7,9,11-12,18,21H,2-3,8,10,13H2,1H3/t18-,21+/m1/s1. The lowest BCUT2D eigenvalue weighted by molar-refractivity contribution is 0.0595. The number of likely N-dealkylation sites (tertiary alicyclic amines) is 1. The largest absolute Gasteiger partial charge is 0.335 e. The first-order chi connectivity index (χ1) is 12.2. The molecule has 2 aromatic carbocycles. The summed E-state index contributed by atoms with van der Waals surface area (Å²) in [6, 6.07) is 13.1. The van der Waals surface area contributed by atoms with Gasteiger partial charge in [-0.3, -0.25) is 9.79 Å². The molecule has 3 heteroatoms. The maximum atomic E-state index is 13.2. The Morgan fingerprint density at radius 1 is 1.16 bits per heavy atom. The number of rotatable bonds is 1. The van der Waals surface area contributed by atoms with Crippen LogP contribution in [0.5, 0.6) is 0 Å². The van der Waals surface area contributed by atoms with Crippen molar-refractivity contribution in [3.63, 3.8) is 0 Å². The number of carbonyl (C=O) groups is 1. The number of fused-ring (bicyclic) bond motifs is 4. The van der Waals surface area contributed by atoms with Crippen LogP contribution in [0.2, 0.25) is 0 Å². The van der Waals surface area contributed by atoms with Crippen molar-refractivity contribution >= 4 is 17.8 Å². The van der Waals surface area contributed by atoms with Gasteiger partial charge in [-0.25, -0.2) is 0 Å². The van der Waals surface area contributed by atoms with E-state index in [9.17, 15) is 4.79 Å². The predicted octanol–water partition coefficient (Wildman–Crippen LogP) is 4.20. The van der Waals surface area contributed by atoms with Gasteiger partial charge in [0.2, 0.25) is 0 Å². The van der Waals surface area contributed by atoms with Crippen molar-refractivity contribution in [1.29, 1.82) is 0 Å². The molecule has 126 valence electrons. The van der Waals surface area contributed by atoms with Crippen LogP contribution in [-0.2, 0) is 12.8 Å². The molecule has 0 N–H and O–H groups in total. The van der Waals surface area contributed by atoms with Gasteiger partial charge in [0.15, 0.2) is 0 Å². The van der Waals surface area contributed by atoms with Crippen LogP contribution in [0, 0.1) is 6.92 Å². The van der Waals surface area contributed by atoms with Crippen LogP contribution in [-0.4, -0.2) is 29.6 Å². The zero-order valence-electron chi connectivity index (χ0n) is 14.5. The van der Waals surface area contributed by atoms with Gasteiger partial charge in [0.05, 0.1) is 5.69 Å². The van der Waals surface area contributed by atoms with Gasteiger partial charge in [0, 0.05) is 36.7 Å². The molecule has 2 heterocycles. The molecule has 0 spiro atoms. The van der Waals surface area contributed by atoms with Crippen LogP contribution < -0.4 is 0 Å². The highest BCUT2D eigenvalue weighted by Gasteiger charge is 2.40. The van der Waals surface area contributed by atoms with Crippen molar-refractivity contribution in [3.05, 3.63) is 64.2 Å². The third-order valence-electron chi connectivity index (χ3n) is 6.04. The van der Waals surface area contributed by atoms with E-state index in [1.54, 1.807) is 0 Å². The van der Waals surface area contributed by atoms with Crippen LogP contribution in [0.25, 0.3) is 0 Å². The second-order valence-electron chi connectivity index (χ2n) is 7.58. The fraction of sp³-hybridized carbons (Fsp3) is 0.364. The van der Waals surface area contributed by atoms with Gasteiger partial charge in [0.25, 0.3) is 5.91 Å². The Kier molecular flexibility index (Phi) is 3.30. The molecule has 1 amide bonds. The lowest BCUT2D eigenvalue weighted by atomic mass is 9.88. The number of carbonyl (C=O) groups excluding carboxylic acids is 1. The maximum Gasteiger partial charge on any atom is 0.254 e. The molecule has 0 unspecified atom stereocenters. The monoisotopic (exact) mass is 330 g/mol. The molecule has 2 atom stereocenters. The van der Waals surface area contributed by atoms with Crippen molar-refractivity contribution < 1.29 is 4.79 Å². The van der Waals surface area contributed by atoms with Crippen LogP contribution in [0.1, 0.15) is 51.4 Å². The van der Waals surface area contributed by atoms with Gasteiger partial charge in [-0.2, -0.15) is 0 Å². The Morgan fingerprint density at radius 3 is 2.96 bits per heavy atom. The molecule has 2 aromatic rings. The van der Waals surface area contributed by atoms with E-state index in [4.69, 9.17) is 0 Å². The summed E-state index contributed by atoms with van der Waals surface area (Å²) in [6.07, 6.45) is 6.08. The molecule has 0 radical (unpaired) electrons. The average molecular weight is 330 g/mol. The topological polar surface area (TPSA) is 32.7 Å². The molecule has 0 bridgehead atoms. The molecule has 3 nitrogen and oxygen atoms in total. The van der Waals surface area contributed by atoms with Gasteiger partial charge in [0.1, 0.15) is 0 Å². The molecule has 1 aliphatic carbocycles. The second-order valence-corrected chi connectivity index (χ2v) is 7.58. The maximum absolute atomic E-state index is 13.2. The van der Waals surface area contributed by atoms with E-state index >= 15 is 0 Å². The van der Waals surface area contributed by atoms with E-state index in [0.29, 0.717) is 12.0 Å². The summed E-state index contributed by atoms with van der Waals surface area (Å²) < 4.78 is 0. The molecule has 2 aliphatic heterocycles. The van der Waals surface area contributed by atoms with Gasteiger partial charge >= 0.3 is 0 Å². The van der Waals surface area contributed by atoms with E-state index in [1.807, 2.05) is 18.3 Å². The molecule has 0 saturated carbocycles. The van der Waals surface area contributed by atoms with Gasteiger partial charge in [-0.05, 0) is 55.0 Å². The number of aliphatic imine (C=N–C) groups is 1. The molecular weight excluding hydrogens is 308 g/mol. The normalized spacial score (nSPS) is 23.3. The minimum Gasteiger partial charge on any atom is -0.335 e. The van der Waals surface area contributed by atoms with Crippen LogP contribution in [0.4, 0.5) is 5.69 Å². The third-order valence-corrected chi connectivity index (χ3v) is 6.04. The van der Waals surface area contributed by atoms with Crippen molar-refractivity contribution in [2.24, 2.45) is 4.99 Å². The first kappa shape index (κ1) is 14.9. The summed E-state index contributed by atoms with van der Waals surface area (Å²) in [7, 11) is 0. The Bertz CT molecular complexity index is 899. The zero-order valence-corrected chi connectivity index (χ0v) is 14.5. The Balaban J connectivity index is 1.46. The van der Waals surface area contributed by atoms with E-state index in [1.165, 1.54) is 28.7 Å². The highest BCUT2D eigenvalue weighted by molar-refractivity contribution is 5.96. The van der Waals surface area contributed by atoms with E-state index in [-0.39, 0.29) is 5.91 Å². The third kappa shape index (κ3) is 2.33. The number of hydrogen-bond donors (Lipinski definition) is 0. The van der Waals surface area contributed by atoms with Crippen LogP contribution in [0.15, 0.2) is 41.4 Å². The van der Waals surface area contributed by atoms with Crippen LogP contribution in [0.3, 0.4) is 0 Å². The summed E-state index contributed by atoms with van der Waals surface area (Å²) in [5, 5.41) is 0. The quantitative estimate of drug-likeness (QED) is 0.771. The van der Waals surface area contributed by atoms with Crippen molar-refractivity contribution in [2.75, 3.05) is 6.54 Å². The van der Waals surface area contributed by atoms with Crippen LogP contribution >= 0.6 is 0 Å². The fourth-order valence-corrected chi connectivity index (χ4v) is 4.79. The van der Waals surface area contributed by atoms with Crippen molar-refractivity contribution in [3.8, 4) is 0 Å². The average Bonchev–Trinajstić information content (AvgIpc) is 3.24. The van der Waals surface area contributed by atoms with Crippen molar-refractivity contribution in [1.82, 2.24) is 4.90 Å². The number of aryl methyl sites for hydroxylation is 1. The highest BCUT2D eigenvalue weighted by atomic mass is 16.2. The summed E-state index contributed by atoms with van der Waals surface area (Å²) in [4.78, 5) is 19.8. The summed E-state index contributed by atoms with van der Waals surface area (Å²) in [5.41, 5.74) is 7.19. The molecular formula is C22H22N2O. The lowest BCUT2D eigenvalue weighted by Gasteiger charge is -2.38. The van der Waals surface area contributed by atoms with Gasteiger partial charge < -0.3 is 4.90 Å². The number of piperidine rings is 1. The predicted molar refractivity (Wildman–Crippen MR) is 100.0 cm³/mol. The zero-order chi connectivity index (χ0) is 17.0. The first-order valence-electron chi connectivity index (χ1n) is 9.26. The SMILES string of the molecule is Cc1ccc2c(c1)[C@H]1CCCN(C(=O)c3ccc4c(c3)N=CC4)[C@H]1C2. The molecule has 3 aliphatic rings. The number of benzene rings is 2. The summed E-state index contributed by atoms with van der Waals surface area (Å²) in [6.45, 7) is 3.03. The Hall–Kier alpha value is -2.42. The number of hydrogen-bond acceptors (Lipinski definition) is 2. The second kappa shape index (κ2) is 5.55. The molecule has 1 fully saturated rings. The molecule has 25 heavy (non-hydrogen) atoms. The smallest absolute Gasteiger partial charge is 0.254 e. The lowest BCUT2D eigenvalue weighted by Crippen LogP contribution is -2.46. The summed E-state index contributed by atoms with van der Waals surface area (Å²) >= 11 is 0. The van der Waals surface area contributed by atoms with Gasteiger partial charge in [-0.15, -0.1) is 0 Å². The van der Waals surface area contributed by atoms with E-state index in [2.05, 4.69) is 41.1 Å². The minimum absolute atomic E-state index is 0.170. The fourth-order valence-electron chi connectivity index (χ4n) is 4.79.